The van der Waals surface area contributed by atoms with Gasteiger partial charge in [0.15, 0.2) is 41.9 Å². The summed E-state index contributed by atoms with van der Waals surface area (Å²) in [5, 5.41) is 20.1. The van der Waals surface area contributed by atoms with Gasteiger partial charge in [-0.1, -0.05) is 24.3 Å². The third-order valence-corrected chi connectivity index (χ3v) is 18.2. The van der Waals surface area contributed by atoms with E-state index in [1.165, 1.54) is 23.5 Å². The Morgan fingerprint density at radius 2 is 0.940 bits per heavy atom. The molecule has 8 aromatic heterocycles. The second-order valence-corrected chi connectivity index (χ2v) is 25.3. The Kier molecular flexibility index (Phi) is 17.1. The van der Waals surface area contributed by atoms with Crippen molar-refractivity contribution in [2.45, 2.75) is 109 Å². The van der Waals surface area contributed by atoms with Crippen LogP contribution in [0.3, 0.4) is 0 Å². The molecule has 0 unspecified atom stereocenters. The number of aryl methyl sites for hydroxylation is 2. The van der Waals surface area contributed by atoms with E-state index in [2.05, 4.69) is 91.6 Å². The van der Waals surface area contributed by atoms with E-state index in [1.54, 1.807) is 26.6 Å². The highest BCUT2D eigenvalue weighted by atomic mass is 79.9. The number of halogens is 1. The van der Waals surface area contributed by atoms with Crippen LogP contribution in [-0.4, -0.2) is 149 Å². The molecule has 3 aliphatic rings. The minimum atomic E-state index is -0.115. The lowest BCUT2D eigenvalue weighted by Crippen LogP contribution is -2.48. The number of rotatable bonds is 13. The van der Waals surface area contributed by atoms with Gasteiger partial charge in [0.05, 0.1) is 45.9 Å². The molecular weight excluding hydrogens is 1170 g/mol. The van der Waals surface area contributed by atoms with Crippen LogP contribution < -0.4 is 41.4 Å². The van der Waals surface area contributed by atoms with Crippen LogP contribution in [0.5, 0.6) is 11.5 Å². The SMILES string of the molecule is COc1ccc(Cn2nc(Br)c3ncc(N4CCC(C)(N)CC4)nc32)cc1.COc1ccc(Cn2nc(Sc3nccn3C)c3ncc(N4CCC(C)(N)CC4)nc32)cc1.Cn1ccnc1Sc1n[nH]c2nc(N3CCC(C)(N)CC3)cnc12. The van der Waals surface area contributed by atoms with E-state index in [0.717, 1.165) is 166 Å². The van der Waals surface area contributed by atoms with E-state index < -0.39 is 0 Å². The average Bonchev–Trinajstić information content (AvgIpc) is 2.75. The van der Waals surface area contributed by atoms with Crippen LogP contribution in [0.15, 0.2) is 117 Å². The van der Waals surface area contributed by atoms with Crippen molar-refractivity contribution in [2.75, 3.05) is 68.2 Å². The second kappa shape index (κ2) is 24.6. The maximum Gasteiger partial charge on any atom is 0.180 e. The predicted molar refractivity (Wildman–Crippen MR) is 331 cm³/mol. The molecule has 0 spiro atoms. The molecule has 3 aliphatic heterocycles. The largest absolute Gasteiger partial charge is 0.497 e. The number of fused-ring (bicyclic) bond motifs is 3. The molecular formula is C57H71BrN22O2S2. The first-order chi connectivity index (χ1) is 40.4. The minimum Gasteiger partial charge on any atom is -0.497 e. The highest BCUT2D eigenvalue weighted by molar-refractivity contribution is 9.10. The summed E-state index contributed by atoms with van der Waals surface area (Å²) in [5.41, 5.74) is 25.3. The maximum atomic E-state index is 6.32. The van der Waals surface area contributed by atoms with Crippen LogP contribution in [0.4, 0.5) is 17.5 Å². The van der Waals surface area contributed by atoms with Crippen molar-refractivity contribution in [3.8, 4) is 11.5 Å². The summed E-state index contributed by atoms with van der Waals surface area (Å²) in [5.74, 6) is 4.28. The van der Waals surface area contributed by atoms with E-state index in [-0.39, 0.29) is 16.6 Å². The summed E-state index contributed by atoms with van der Waals surface area (Å²) in [6.07, 6.45) is 18.5. The Balaban J connectivity index is 0.000000133. The number of aromatic amines is 1. The van der Waals surface area contributed by atoms with Gasteiger partial charge in [-0.3, -0.25) is 5.10 Å². The molecule has 3 fully saturated rings. The first-order valence-corrected chi connectivity index (χ1v) is 30.3. The molecule has 10 aromatic rings. The number of H-pyrrole nitrogens is 1. The summed E-state index contributed by atoms with van der Waals surface area (Å²) in [6.45, 7) is 12.9. The number of nitrogens with zero attached hydrogens (tertiary/aromatic N) is 18. The van der Waals surface area contributed by atoms with Gasteiger partial charge in [0.2, 0.25) is 0 Å². The number of benzene rings is 2. The Morgan fingerprint density at radius 1 is 0.536 bits per heavy atom. The molecule has 0 amide bonds. The molecule has 84 heavy (non-hydrogen) atoms. The van der Waals surface area contributed by atoms with Gasteiger partial charge in [0, 0.05) is 94.8 Å². The fourth-order valence-electron chi connectivity index (χ4n) is 10.0. The number of hydrogen-bond donors (Lipinski definition) is 4. The van der Waals surface area contributed by atoms with Gasteiger partial charge in [0.1, 0.15) is 45.5 Å². The Morgan fingerprint density at radius 3 is 1.38 bits per heavy atom. The minimum absolute atomic E-state index is 0.0755. The van der Waals surface area contributed by atoms with Crippen molar-refractivity contribution in [3.05, 3.63) is 108 Å². The second-order valence-electron chi connectivity index (χ2n) is 22.6. The lowest BCUT2D eigenvalue weighted by Gasteiger charge is -2.37. The molecule has 2 aromatic carbocycles. The van der Waals surface area contributed by atoms with E-state index in [9.17, 15) is 0 Å². The molecule has 24 nitrogen and oxygen atoms in total. The first kappa shape index (κ1) is 58.3. The van der Waals surface area contributed by atoms with Crippen LogP contribution in [-0.2, 0) is 27.2 Å². The van der Waals surface area contributed by atoms with Crippen LogP contribution in [0, 0.1) is 0 Å². The zero-order valence-electron chi connectivity index (χ0n) is 48.4. The summed E-state index contributed by atoms with van der Waals surface area (Å²) in [4.78, 5) is 44.0. The summed E-state index contributed by atoms with van der Waals surface area (Å²) in [6, 6.07) is 16.0. The van der Waals surface area contributed by atoms with Crippen molar-refractivity contribution < 1.29 is 9.47 Å². The van der Waals surface area contributed by atoms with Crippen molar-refractivity contribution in [3.63, 3.8) is 0 Å². The topological polar surface area (TPSA) is 284 Å². The zero-order valence-corrected chi connectivity index (χ0v) is 51.6. The summed E-state index contributed by atoms with van der Waals surface area (Å²) >= 11 is 6.48. The number of hydrogen-bond acceptors (Lipinski definition) is 21. The van der Waals surface area contributed by atoms with E-state index in [1.807, 2.05) is 112 Å². The number of imidazole rings is 2. The number of nitrogens with one attached hydrogen (secondary N) is 1. The molecule has 0 aliphatic carbocycles. The Labute approximate surface area is 503 Å². The standard InChI is InChI=1S/C23H28N8OS.C19H23BrN6O.C15H20N8S/c1-23(24)8-11-30(12-9-23)18-14-26-19-20(27-18)31(15-16-4-6-17(32-3)7-5-16)28-21(19)33-22-25-10-13-29(22)2;1-19(21)7-9-25(10-8-19)15-11-22-16-17(20)24-26(18(16)23-15)12-13-3-5-14(27-2)6-4-13;1-15(16)3-6-23(7-4-15)10-9-18-11-12(19-10)20-21-13(11)24-14-17-5-8-22(14)2/h4-7,10,13-14H,8-9,11-12,15,24H2,1-3H3;3-6,11H,7-10,12,21H2,1-2H3;5,8-9H,3-4,6-7,16H2,1-2H3,(H,19,20,21). The average molecular weight is 1240 g/mol. The monoisotopic (exact) mass is 1240 g/mol. The van der Waals surface area contributed by atoms with E-state index in [0.29, 0.717) is 23.3 Å². The lowest BCUT2D eigenvalue weighted by atomic mass is 9.91. The zero-order chi connectivity index (χ0) is 58.8. The van der Waals surface area contributed by atoms with Crippen LogP contribution in [0.25, 0.3) is 33.5 Å². The molecule has 0 radical (unpaired) electrons. The van der Waals surface area contributed by atoms with Crippen LogP contribution >= 0.6 is 39.5 Å². The number of nitrogens with two attached hydrogens (primary N) is 3. The maximum absolute atomic E-state index is 6.32. The van der Waals surface area contributed by atoms with Gasteiger partial charge in [-0.05, 0) is 134 Å². The van der Waals surface area contributed by atoms with Gasteiger partial charge in [-0.25, -0.2) is 49.2 Å². The molecule has 7 N–H and O–H groups in total. The van der Waals surface area contributed by atoms with Gasteiger partial charge in [0.25, 0.3) is 0 Å². The number of ether oxygens (including phenoxy) is 2. The highest BCUT2D eigenvalue weighted by Gasteiger charge is 2.30. The Hall–Kier alpha value is -7.43. The van der Waals surface area contributed by atoms with Gasteiger partial charge >= 0.3 is 0 Å². The molecule has 0 atom stereocenters. The molecule has 0 bridgehead atoms. The normalized spacial score (nSPS) is 16.6. The van der Waals surface area contributed by atoms with E-state index >= 15 is 0 Å². The van der Waals surface area contributed by atoms with Crippen LogP contribution in [0.2, 0.25) is 0 Å². The fourth-order valence-corrected chi connectivity index (χ4v) is 12.2. The molecule has 0 saturated carbocycles. The van der Waals surface area contributed by atoms with Crippen molar-refractivity contribution in [1.82, 2.24) is 78.8 Å². The van der Waals surface area contributed by atoms with Crippen molar-refractivity contribution in [1.29, 1.82) is 0 Å². The Bertz CT molecular complexity index is 3840. The molecule has 3 saturated heterocycles. The number of aromatic nitrogens is 16. The number of piperidine rings is 3. The van der Waals surface area contributed by atoms with Gasteiger partial charge in [-0.15, -0.1) is 0 Å². The third-order valence-electron chi connectivity index (χ3n) is 15.6. The molecule has 27 heteroatoms. The lowest BCUT2D eigenvalue weighted by molar-refractivity contribution is 0.363. The van der Waals surface area contributed by atoms with Crippen molar-refractivity contribution >= 4 is 90.4 Å². The van der Waals surface area contributed by atoms with Crippen molar-refractivity contribution in [2.24, 2.45) is 31.3 Å². The predicted octanol–water partition coefficient (Wildman–Crippen LogP) is 7.60. The smallest absolute Gasteiger partial charge is 0.180 e. The molecule has 11 heterocycles. The molecule has 13 rings (SSSR count). The molecule has 440 valence electrons. The third kappa shape index (κ3) is 13.6. The fraction of sp³-hybridized carbons (Fsp3) is 0.421. The van der Waals surface area contributed by atoms with Gasteiger partial charge < -0.3 is 50.5 Å². The first-order valence-electron chi connectivity index (χ1n) is 27.9. The summed E-state index contributed by atoms with van der Waals surface area (Å²) in [7, 11) is 7.26. The highest BCUT2D eigenvalue weighted by Crippen LogP contribution is 2.34. The van der Waals surface area contributed by atoms with Crippen LogP contribution in [0.1, 0.15) is 70.4 Å². The quantitative estimate of drug-likeness (QED) is 0.0864. The van der Waals surface area contributed by atoms with Gasteiger partial charge in [-0.2, -0.15) is 15.3 Å². The number of anilines is 3. The number of methoxy groups -OCH3 is 2. The summed E-state index contributed by atoms with van der Waals surface area (Å²) < 4.78 is 19.0. The van der Waals surface area contributed by atoms with E-state index in [4.69, 9.17) is 46.7 Å².